The van der Waals surface area contributed by atoms with E-state index in [2.05, 4.69) is 15.4 Å². The van der Waals surface area contributed by atoms with Gasteiger partial charge in [0, 0.05) is 24.0 Å². The molecule has 6 nitrogen and oxygen atoms in total. The topological polar surface area (TPSA) is 76.9 Å². The molecule has 0 aliphatic carbocycles. The molecule has 9 heteroatoms. The molecule has 0 saturated carbocycles. The number of amides is 1. The molecule has 1 aromatic carbocycles. The number of aromatic nitrogens is 3. The van der Waals surface area contributed by atoms with E-state index in [1.165, 1.54) is 24.3 Å². The molecule has 0 unspecified atom stereocenters. The number of para-hydroxylation sites is 1. The van der Waals surface area contributed by atoms with Gasteiger partial charge in [-0.15, -0.1) is 0 Å². The van der Waals surface area contributed by atoms with Gasteiger partial charge in [-0.05, 0) is 30.3 Å². The van der Waals surface area contributed by atoms with Crippen LogP contribution in [0.3, 0.4) is 0 Å². The number of carbonyl (C=O) groups excluding carboxylic acids is 1. The van der Waals surface area contributed by atoms with Crippen LogP contribution >= 0.6 is 0 Å². The van der Waals surface area contributed by atoms with E-state index in [9.17, 15) is 22.8 Å². The highest BCUT2D eigenvalue weighted by Crippen LogP contribution is 2.34. The zero-order valence-corrected chi connectivity index (χ0v) is 13.8. The highest BCUT2D eigenvalue weighted by molar-refractivity contribution is 5.91. The molecule has 2 heterocycles. The molecule has 0 spiro atoms. The molecule has 0 saturated heterocycles. The van der Waals surface area contributed by atoms with E-state index in [-0.39, 0.29) is 5.69 Å². The van der Waals surface area contributed by atoms with Crippen LogP contribution in [0.5, 0.6) is 0 Å². The van der Waals surface area contributed by atoms with Gasteiger partial charge in [0.1, 0.15) is 6.54 Å². The molecule has 138 valence electrons. The second kappa shape index (κ2) is 7.40. The molecule has 3 rings (SSSR count). The molecule has 1 N–H and O–H groups in total. The summed E-state index contributed by atoms with van der Waals surface area (Å²) in [6.45, 7) is -0.524. The summed E-state index contributed by atoms with van der Waals surface area (Å²) in [5, 5.41) is 6.27. The molecule has 0 radical (unpaired) electrons. The van der Waals surface area contributed by atoms with Crippen LogP contribution in [0, 0.1) is 0 Å². The summed E-state index contributed by atoms with van der Waals surface area (Å²) < 4.78 is 39.9. The smallest absolute Gasteiger partial charge is 0.324 e. The number of nitrogens with zero attached hydrogens (tertiary/aromatic N) is 3. The van der Waals surface area contributed by atoms with Crippen LogP contribution in [-0.2, 0) is 17.5 Å². The van der Waals surface area contributed by atoms with Crippen molar-refractivity contribution in [1.29, 1.82) is 0 Å². The number of nitrogens with one attached hydrogen (secondary N) is 1. The lowest BCUT2D eigenvalue weighted by atomic mass is 10.1. The van der Waals surface area contributed by atoms with Crippen molar-refractivity contribution < 1.29 is 18.0 Å². The van der Waals surface area contributed by atoms with Gasteiger partial charge in [-0.25, -0.2) is 4.68 Å². The Hall–Kier alpha value is -3.49. The maximum atomic E-state index is 13.0. The summed E-state index contributed by atoms with van der Waals surface area (Å²) in [6.07, 6.45) is -1.51. The second-order valence-corrected chi connectivity index (χ2v) is 5.54. The van der Waals surface area contributed by atoms with Crippen LogP contribution < -0.4 is 10.9 Å². The predicted octanol–water partition coefficient (Wildman–Crippen LogP) is 2.96. The van der Waals surface area contributed by atoms with Crippen molar-refractivity contribution in [1.82, 2.24) is 14.8 Å². The van der Waals surface area contributed by atoms with Crippen molar-refractivity contribution in [2.24, 2.45) is 0 Å². The highest BCUT2D eigenvalue weighted by atomic mass is 19.4. The van der Waals surface area contributed by atoms with Crippen molar-refractivity contribution in [3.05, 3.63) is 76.8 Å². The molecule has 1 amide bonds. The molecular weight excluding hydrogens is 361 g/mol. The van der Waals surface area contributed by atoms with E-state index in [1.807, 2.05) is 0 Å². The minimum Gasteiger partial charge on any atom is -0.324 e. The highest BCUT2D eigenvalue weighted by Gasteiger charge is 2.33. The van der Waals surface area contributed by atoms with Crippen LogP contribution in [0.15, 0.2) is 65.7 Å². The SMILES string of the molecule is O=C(Cn1nc(-c2ccncc2)ccc1=O)Nc1ccccc1C(F)(F)F. The van der Waals surface area contributed by atoms with Crippen molar-refractivity contribution in [2.45, 2.75) is 12.7 Å². The largest absolute Gasteiger partial charge is 0.418 e. The molecule has 0 aliphatic heterocycles. The average molecular weight is 374 g/mol. The number of hydrogen-bond acceptors (Lipinski definition) is 4. The van der Waals surface area contributed by atoms with E-state index in [4.69, 9.17) is 0 Å². The summed E-state index contributed by atoms with van der Waals surface area (Å²) in [7, 11) is 0. The first kappa shape index (κ1) is 18.3. The second-order valence-electron chi connectivity index (χ2n) is 5.54. The summed E-state index contributed by atoms with van der Waals surface area (Å²) in [5.74, 6) is -0.798. The monoisotopic (exact) mass is 374 g/mol. The predicted molar refractivity (Wildman–Crippen MR) is 91.8 cm³/mol. The first-order valence-corrected chi connectivity index (χ1v) is 7.79. The zero-order chi connectivity index (χ0) is 19.4. The number of pyridine rings is 1. The summed E-state index contributed by atoms with van der Waals surface area (Å²) in [6, 6.07) is 10.7. The van der Waals surface area contributed by atoms with Crippen molar-refractivity contribution in [3.8, 4) is 11.3 Å². The van der Waals surface area contributed by atoms with Gasteiger partial charge in [0.15, 0.2) is 0 Å². The van der Waals surface area contributed by atoms with Crippen LogP contribution in [0.1, 0.15) is 5.56 Å². The quantitative estimate of drug-likeness (QED) is 0.762. The van der Waals surface area contributed by atoms with Crippen molar-refractivity contribution in [3.63, 3.8) is 0 Å². The zero-order valence-electron chi connectivity index (χ0n) is 13.8. The Kier molecular flexibility index (Phi) is 5.02. The lowest BCUT2D eigenvalue weighted by Crippen LogP contribution is -2.29. The van der Waals surface area contributed by atoms with Gasteiger partial charge >= 0.3 is 6.18 Å². The van der Waals surface area contributed by atoms with E-state index >= 15 is 0 Å². The molecule has 0 bridgehead atoms. The number of hydrogen-bond donors (Lipinski definition) is 1. The van der Waals surface area contributed by atoms with E-state index in [0.29, 0.717) is 11.3 Å². The minimum atomic E-state index is -4.61. The number of alkyl halides is 3. The lowest BCUT2D eigenvalue weighted by molar-refractivity contribution is -0.137. The fraction of sp³-hybridized carbons (Fsp3) is 0.111. The Labute approximate surface area is 151 Å². The number of rotatable bonds is 4. The normalized spacial score (nSPS) is 11.2. The molecule has 0 fully saturated rings. The fourth-order valence-electron chi connectivity index (χ4n) is 2.40. The van der Waals surface area contributed by atoms with Crippen molar-refractivity contribution >= 4 is 11.6 Å². The molecular formula is C18H13F3N4O2. The van der Waals surface area contributed by atoms with Gasteiger partial charge < -0.3 is 5.32 Å². The summed E-state index contributed by atoms with van der Waals surface area (Å²) in [5.41, 5.74) is -0.786. The first-order chi connectivity index (χ1) is 12.8. The molecule has 0 atom stereocenters. The lowest BCUT2D eigenvalue weighted by Gasteiger charge is -2.14. The number of carbonyl (C=O) groups is 1. The van der Waals surface area contributed by atoms with Gasteiger partial charge in [-0.1, -0.05) is 12.1 Å². The molecule has 27 heavy (non-hydrogen) atoms. The Morgan fingerprint density at radius 1 is 1.04 bits per heavy atom. The van der Waals surface area contributed by atoms with Crippen LogP contribution in [-0.4, -0.2) is 20.7 Å². The van der Waals surface area contributed by atoms with E-state index < -0.39 is 29.8 Å². The van der Waals surface area contributed by atoms with Gasteiger partial charge in [-0.3, -0.25) is 14.6 Å². The third kappa shape index (κ3) is 4.38. The van der Waals surface area contributed by atoms with Crippen LogP contribution in [0.2, 0.25) is 0 Å². The van der Waals surface area contributed by atoms with Gasteiger partial charge in [0.2, 0.25) is 5.91 Å². The summed E-state index contributed by atoms with van der Waals surface area (Å²) in [4.78, 5) is 28.0. The van der Waals surface area contributed by atoms with Gasteiger partial charge in [0.05, 0.1) is 16.9 Å². The molecule has 2 aromatic heterocycles. The Balaban J connectivity index is 1.82. The Morgan fingerprint density at radius 3 is 2.44 bits per heavy atom. The average Bonchev–Trinajstić information content (AvgIpc) is 2.64. The van der Waals surface area contributed by atoms with E-state index in [1.54, 1.807) is 24.5 Å². The maximum Gasteiger partial charge on any atom is 0.418 e. The van der Waals surface area contributed by atoms with Gasteiger partial charge in [-0.2, -0.15) is 18.3 Å². The number of benzene rings is 1. The third-order valence-electron chi connectivity index (χ3n) is 3.64. The summed E-state index contributed by atoms with van der Waals surface area (Å²) >= 11 is 0. The molecule has 0 aliphatic rings. The van der Waals surface area contributed by atoms with Crippen LogP contribution in [0.4, 0.5) is 18.9 Å². The first-order valence-electron chi connectivity index (χ1n) is 7.79. The Bertz CT molecular complexity index is 1020. The molecule has 3 aromatic rings. The number of anilines is 1. The van der Waals surface area contributed by atoms with Crippen molar-refractivity contribution in [2.75, 3.05) is 5.32 Å². The number of halogens is 3. The maximum absolute atomic E-state index is 13.0. The third-order valence-corrected chi connectivity index (χ3v) is 3.64. The van der Waals surface area contributed by atoms with Gasteiger partial charge in [0.25, 0.3) is 5.56 Å². The van der Waals surface area contributed by atoms with E-state index in [0.717, 1.165) is 16.8 Å². The Morgan fingerprint density at radius 2 is 1.74 bits per heavy atom. The standard InChI is InChI=1S/C18H13F3N4O2/c19-18(20,21)13-3-1-2-4-15(13)23-16(26)11-25-17(27)6-5-14(24-25)12-7-9-22-10-8-12/h1-10H,11H2,(H,23,26). The van der Waals surface area contributed by atoms with Crippen LogP contribution in [0.25, 0.3) is 11.3 Å². The fourth-order valence-corrected chi connectivity index (χ4v) is 2.40. The minimum absolute atomic E-state index is 0.381.